The molecule has 0 spiro atoms. The quantitative estimate of drug-likeness (QED) is 0.680. The molecule has 0 aliphatic carbocycles. The van der Waals surface area contributed by atoms with E-state index < -0.39 is 5.97 Å². The highest BCUT2D eigenvalue weighted by molar-refractivity contribution is 7.15. The first-order valence-electron chi connectivity index (χ1n) is 8.24. The summed E-state index contributed by atoms with van der Waals surface area (Å²) in [5.41, 5.74) is 0.794. The molecule has 0 bridgehead atoms. The van der Waals surface area contributed by atoms with Gasteiger partial charge in [0.05, 0.1) is 0 Å². The molecule has 1 aromatic heterocycles. The third-order valence-electron chi connectivity index (χ3n) is 3.75. The van der Waals surface area contributed by atoms with Gasteiger partial charge in [-0.2, -0.15) is 0 Å². The average molecular weight is 355 g/mol. The molecule has 0 saturated heterocycles. The fourth-order valence-corrected chi connectivity index (χ4v) is 3.78. The van der Waals surface area contributed by atoms with Gasteiger partial charge in [-0.05, 0) is 44.7 Å². The minimum absolute atomic E-state index is 0.154. The Balaban J connectivity index is 2.19. The van der Waals surface area contributed by atoms with Crippen molar-refractivity contribution in [2.45, 2.75) is 39.7 Å². The fraction of sp³-hybridized carbons (Fsp3) is 0.300. The van der Waals surface area contributed by atoms with Crippen LogP contribution in [0.15, 0.2) is 36.4 Å². The van der Waals surface area contributed by atoms with E-state index >= 15 is 0 Å². The van der Waals surface area contributed by atoms with E-state index in [1.165, 1.54) is 11.3 Å². The Morgan fingerprint density at radius 1 is 1.16 bits per heavy atom. The number of aryl methyl sites for hydroxylation is 1. The monoisotopic (exact) mass is 355 g/mol. The van der Waals surface area contributed by atoms with Gasteiger partial charge in [0.1, 0.15) is 16.4 Å². The molecule has 3 rings (SSSR count). The number of aromatic nitrogens is 1. The van der Waals surface area contributed by atoms with E-state index in [1.54, 1.807) is 0 Å². The minimum Gasteiger partial charge on any atom is -0.488 e. The molecule has 1 N–H and O–H groups in total. The van der Waals surface area contributed by atoms with Crippen LogP contribution in [0.25, 0.3) is 21.3 Å². The van der Waals surface area contributed by atoms with E-state index in [0.717, 1.165) is 32.0 Å². The number of rotatable bonds is 4. The number of aromatic carboxylic acids is 1. The number of benzene rings is 2. The highest BCUT2D eigenvalue weighted by atomic mass is 32.1. The summed E-state index contributed by atoms with van der Waals surface area (Å²) in [6.45, 7) is 8.00. The molecule has 0 unspecified atom stereocenters. The predicted octanol–water partition coefficient (Wildman–Crippen LogP) is 5.40. The molecule has 0 saturated carbocycles. The Labute approximate surface area is 151 Å². The third kappa shape index (κ3) is 3.51. The molecule has 0 amide bonds. The number of carboxylic acid groups (broad SMARTS) is 1. The van der Waals surface area contributed by atoms with Gasteiger partial charge in [0.25, 0.3) is 0 Å². The molecule has 1 heterocycles. The SMILES string of the molecule is CCc1sc(-c2ccc(OC(C)(C)C)c3ccccc23)nc1C(=O)O. The van der Waals surface area contributed by atoms with Crippen LogP contribution in [0.5, 0.6) is 5.75 Å². The number of ether oxygens (including phenoxy) is 1. The van der Waals surface area contributed by atoms with Gasteiger partial charge in [-0.15, -0.1) is 11.3 Å². The summed E-state index contributed by atoms with van der Waals surface area (Å²) >= 11 is 1.44. The maximum Gasteiger partial charge on any atom is 0.355 e. The predicted molar refractivity (Wildman–Crippen MR) is 102 cm³/mol. The van der Waals surface area contributed by atoms with E-state index in [4.69, 9.17) is 4.74 Å². The van der Waals surface area contributed by atoms with Crippen LogP contribution in [-0.4, -0.2) is 21.7 Å². The van der Waals surface area contributed by atoms with Gasteiger partial charge in [-0.1, -0.05) is 31.2 Å². The molecule has 25 heavy (non-hydrogen) atoms. The lowest BCUT2D eigenvalue weighted by molar-refractivity contribution is 0.0690. The van der Waals surface area contributed by atoms with Crippen LogP contribution >= 0.6 is 11.3 Å². The summed E-state index contributed by atoms with van der Waals surface area (Å²) in [7, 11) is 0. The first kappa shape index (κ1) is 17.4. The third-order valence-corrected chi connectivity index (χ3v) is 4.98. The molecule has 3 aromatic rings. The standard InChI is InChI=1S/C20H21NO3S/c1-5-16-17(19(22)23)21-18(25-16)14-10-11-15(24-20(2,3)4)13-9-7-6-8-12(13)14/h6-11H,5H2,1-4H3,(H,22,23). The normalized spacial score (nSPS) is 11.7. The van der Waals surface area contributed by atoms with E-state index in [9.17, 15) is 9.90 Å². The Morgan fingerprint density at radius 3 is 2.40 bits per heavy atom. The number of thiazole rings is 1. The van der Waals surface area contributed by atoms with Crippen LogP contribution in [0.1, 0.15) is 43.1 Å². The van der Waals surface area contributed by atoms with Gasteiger partial charge >= 0.3 is 5.97 Å². The van der Waals surface area contributed by atoms with Gasteiger partial charge in [0.15, 0.2) is 5.69 Å². The second kappa shape index (κ2) is 6.48. The summed E-state index contributed by atoms with van der Waals surface area (Å²) in [4.78, 5) is 16.6. The highest BCUT2D eigenvalue weighted by Crippen LogP contribution is 2.38. The number of carboxylic acids is 1. The molecule has 4 nitrogen and oxygen atoms in total. The molecule has 130 valence electrons. The van der Waals surface area contributed by atoms with Gasteiger partial charge in [-0.25, -0.2) is 9.78 Å². The number of hydrogen-bond donors (Lipinski definition) is 1. The van der Waals surface area contributed by atoms with Crippen LogP contribution in [0.4, 0.5) is 0 Å². The molecule has 5 heteroatoms. The zero-order chi connectivity index (χ0) is 18.2. The minimum atomic E-state index is -0.976. The summed E-state index contributed by atoms with van der Waals surface area (Å²) in [6, 6.07) is 11.9. The molecule has 0 fully saturated rings. The molecule has 0 atom stereocenters. The largest absolute Gasteiger partial charge is 0.488 e. The van der Waals surface area contributed by atoms with Gasteiger partial charge in [0, 0.05) is 15.8 Å². The van der Waals surface area contributed by atoms with Crippen LogP contribution in [0.3, 0.4) is 0 Å². The topological polar surface area (TPSA) is 59.4 Å². The zero-order valence-corrected chi connectivity index (χ0v) is 15.6. The molecule has 0 aliphatic heterocycles. The van der Waals surface area contributed by atoms with Crippen LogP contribution in [0, 0.1) is 0 Å². The number of nitrogens with zero attached hydrogens (tertiary/aromatic N) is 1. The van der Waals surface area contributed by atoms with Crippen molar-refractivity contribution < 1.29 is 14.6 Å². The first-order valence-corrected chi connectivity index (χ1v) is 9.06. The lowest BCUT2D eigenvalue weighted by Gasteiger charge is -2.23. The van der Waals surface area contributed by atoms with E-state index in [1.807, 2.05) is 64.1 Å². The summed E-state index contributed by atoms with van der Waals surface area (Å²) in [5.74, 6) is -0.158. The summed E-state index contributed by atoms with van der Waals surface area (Å²) in [5, 5.41) is 12.1. The Morgan fingerprint density at radius 2 is 1.84 bits per heavy atom. The highest BCUT2D eigenvalue weighted by Gasteiger charge is 2.20. The summed E-state index contributed by atoms with van der Waals surface area (Å²) in [6.07, 6.45) is 0.655. The van der Waals surface area contributed by atoms with Gasteiger partial charge < -0.3 is 9.84 Å². The average Bonchev–Trinajstić information content (AvgIpc) is 2.98. The maximum absolute atomic E-state index is 11.4. The van der Waals surface area contributed by atoms with Crippen molar-refractivity contribution in [1.82, 2.24) is 4.98 Å². The zero-order valence-electron chi connectivity index (χ0n) is 14.8. The lowest BCUT2D eigenvalue weighted by Crippen LogP contribution is -2.23. The van der Waals surface area contributed by atoms with Crippen LogP contribution in [0.2, 0.25) is 0 Å². The Hall–Kier alpha value is -2.40. The van der Waals surface area contributed by atoms with Gasteiger partial charge in [-0.3, -0.25) is 0 Å². The lowest BCUT2D eigenvalue weighted by atomic mass is 10.0. The molecular formula is C20H21NO3S. The van der Waals surface area contributed by atoms with E-state index in [-0.39, 0.29) is 11.3 Å². The van der Waals surface area contributed by atoms with Crippen LogP contribution < -0.4 is 4.74 Å². The second-order valence-corrected chi connectivity index (χ2v) is 7.90. The number of carbonyl (C=O) groups is 1. The molecule has 0 aliphatic rings. The van der Waals surface area contributed by atoms with Crippen molar-refractivity contribution in [3.05, 3.63) is 47.0 Å². The van der Waals surface area contributed by atoms with Crippen LogP contribution in [-0.2, 0) is 6.42 Å². The Bertz CT molecular complexity index is 938. The van der Waals surface area contributed by atoms with Crippen molar-refractivity contribution >= 4 is 28.1 Å². The summed E-state index contributed by atoms with van der Waals surface area (Å²) < 4.78 is 6.08. The Kier molecular flexibility index (Phi) is 4.52. The molecule has 2 aromatic carbocycles. The number of fused-ring (bicyclic) bond motifs is 1. The van der Waals surface area contributed by atoms with Crippen molar-refractivity contribution in [3.63, 3.8) is 0 Å². The van der Waals surface area contributed by atoms with Crippen molar-refractivity contribution in [3.8, 4) is 16.3 Å². The molecular weight excluding hydrogens is 334 g/mol. The molecule has 0 radical (unpaired) electrons. The van der Waals surface area contributed by atoms with E-state index in [2.05, 4.69) is 4.98 Å². The van der Waals surface area contributed by atoms with Gasteiger partial charge in [0.2, 0.25) is 0 Å². The van der Waals surface area contributed by atoms with Crippen molar-refractivity contribution in [1.29, 1.82) is 0 Å². The van der Waals surface area contributed by atoms with Crippen molar-refractivity contribution in [2.24, 2.45) is 0 Å². The fourth-order valence-electron chi connectivity index (χ4n) is 2.75. The number of hydrogen-bond acceptors (Lipinski definition) is 4. The second-order valence-electron chi connectivity index (χ2n) is 6.82. The smallest absolute Gasteiger partial charge is 0.355 e. The first-order chi connectivity index (χ1) is 11.8. The van der Waals surface area contributed by atoms with Crippen molar-refractivity contribution in [2.75, 3.05) is 0 Å². The maximum atomic E-state index is 11.4. The van der Waals surface area contributed by atoms with E-state index in [0.29, 0.717) is 6.42 Å².